The molecule has 3 N–H and O–H groups in total. The topological polar surface area (TPSA) is 79.5 Å². The van der Waals surface area contributed by atoms with Crippen molar-refractivity contribution in [3.63, 3.8) is 0 Å². The van der Waals surface area contributed by atoms with E-state index < -0.39 is 0 Å². The van der Waals surface area contributed by atoms with Gasteiger partial charge in [0.25, 0.3) is 0 Å². The lowest BCUT2D eigenvalue weighted by molar-refractivity contribution is 0.224. The molecular formula is C20H36N6O. The first-order chi connectivity index (χ1) is 13.3. The van der Waals surface area contributed by atoms with E-state index in [1.54, 1.807) is 0 Å². The molecule has 1 saturated heterocycles. The maximum absolute atomic E-state index is 6.08. The minimum absolute atomic E-state index is 0.398. The first kappa shape index (κ1) is 20.0. The van der Waals surface area contributed by atoms with Crippen molar-refractivity contribution in [1.82, 2.24) is 14.9 Å². The highest BCUT2D eigenvalue weighted by atomic mass is 16.5. The number of fused-ring (bicyclic) bond motifs is 1. The molecule has 0 unspecified atom stereocenters. The Balaban J connectivity index is 1.39. The summed E-state index contributed by atoms with van der Waals surface area (Å²) < 4.78 is 5.65. The number of piperidine rings is 1. The summed E-state index contributed by atoms with van der Waals surface area (Å²) in [5, 5.41) is 3.32. The fourth-order valence-electron chi connectivity index (χ4n) is 3.82. The second-order valence-electron chi connectivity index (χ2n) is 7.71. The third-order valence-electron chi connectivity index (χ3n) is 5.47. The Hall–Kier alpha value is -1.76. The summed E-state index contributed by atoms with van der Waals surface area (Å²) in [6.45, 7) is 8.41. The van der Waals surface area contributed by atoms with E-state index in [1.165, 1.54) is 64.6 Å². The van der Waals surface area contributed by atoms with E-state index in [0.29, 0.717) is 18.4 Å². The molecule has 0 aromatic carbocycles. The van der Waals surface area contributed by atoms with Gasteiger partial charge in [-0.15, -0.1) is 0 Å². The summed E-state index contributed by atoms with van der Waals surface area (Å²) in [7, 11) is 0. The Morgan fingerprint density at radius 1 is 1.00 bits per heavy atom. The van der Waals surface area contributed by atoms with E-state index in [2.05, 4.69) is 32.0 Å². The van der Waals surface area contributed by atoms with Gasteiger partial charge >= 0.3 is 6.01 Å². The van der Waals surface area contributed by atoms with Gasteiger partial charge in [0.15, 0.2) is 11.6 Å². The third kappa shape index (κ3) is 5.86. The molecule has 0 aliphatic carbocycles. The molecule has 0 spiro atoms. The van der Waals surface area contributed by atoms with E-state index in [1.807, 2.05) is 0 Å². The van der Waals surface area contributed by atoms with Crippen molar-refractivity contribution in [1.29, 1.82) is 0 Å². The van der Waals surface area contributed by atoms with Crippen molar-refractivity contribution in [2.24, 2.45) is 0 Å². The first-order valence-corrected chi connectivity index (χ1v) is 10.8. The molecule has 2 aliphatic rings. The average Bonchev–Trinajstić information content (AvgIpc) is 3.09. The molecule has 0 bridgehead atoms. The van der Waals surface area contributed by atoms with Gasteiger partial charge in [-0.2, -0.15) is 9.97 Å². The van der Waals surface area contributed by atoms with Crippen LogP contribution in [-0.4, -0.2) is 54.3 Å². The number of nitrogens with one attached hydrogen (secondary N) is 1. The van der Waals surface area contributed by atoms with Crippen LogP contribution in [0.15, 0.2) is 0 Å². The Labute approximate surface area is 163 Å². The standard InChI is InChI=1S/C20H36N6O/c1-2-3-15-27-20-23-18(21)17-19(24-20)26(16-22-17)14-10-5-4-7-11-25-12-8-6-9-13-25/h22H,2-16H2,1H3,(H2,21,23,24). The summed E-state index contributed by atoms with van der Waals surface area (Å²) in [5.41, 5.74) is 6.93. The molecule has 7 nitrogen and oxygen atoms in total. The van der Waals surface area contributed by atoms with E-state index in [4.69, 9.17) is 10.5 Å². The van der Waals surface area contributed by atoms with E-state index in [-0.39, 0.29) is 0 Å². The highest BCUT2D eigenvalue weighted by Gasteiger charge is 2.24. The summed E-state index contributed by atoms with van der Waals surface area (Å²) in [6, 6.07) is 0.398. The van der Waals surface area contributed by atoms with Gasteiger partial charge in [0.1, 0.15) is 5.69 Å². The molecule has 0 atom stereocenters. The second kappa shape index (κ2) is 10.5. The van der Waals surface area contributed by atoms with Crippen molar-refractivity contribution >= 4 is 17.3 Å². The molecule has 1 fully saturated rings. The van der Waals surface area contributed by atoms with Crippen LogP contribution in [0.4, 0.5) is 17.3 Å². The highest BCUT2D eigenvalue weighted by molar-refractivity contribution is 5.80. The molecular weight excluding hydrogens is 340 g/mol. The predicted molar refractivity (Wildman–Crippen MR) is 111 cm³/mol. The Kier molecular flexibility index (Phi) is 7.80. The molecule has 3 heterocycles. The Bertz CT molecular complexity index is 576. The number of anilines is 3. The van der Waals surface area contributed by atoms with Gasteiger partial charge in [-0.3, -0.25) is 0 Å². The van der Waals surface area contributed by atoms with Gasteiger partial charge in [0, 0.05) is 6.54 Å². The second-order valence-corrected chi connectivity index (χ2v) is 7.71. The predicted octanol–water partition coefficient (Wildman–Crippen LogP) is 3.47. The normalized spacial score (nSPS) is 17.0. The molecule has 2 aliphatic heterocycles. The van der Waals surface area contributed by atoms with Crippen molar-refractivity contribution in [3.8, 4) is 6.01 Å². The molecule has 27 heavy (non-hydrogen) atoms. The van der Waals surface area contributed by atoms with Crippen LogP contribution in [0.2, 0.25) is 0 Å². The van der Waals surface area contributed by atoms with Crippen molar-refractivity contribution in [2.75, 3.05) is 55.4 Å². The van der Waals surface area contributed by atoms with E-state index in [0.717, 1.165) is 37.6 Å². The minimum Gasteiger partial charge on any atom is -0.463 e. The SMILES string of the molecule is CCCCOc1nc(N)c2c(n1)N(CCCCCCN1CCCCC1)CN2. The number of rotatable bonds is 11. The highest BCUT2D eigenvalue weighted by Crippen LogP contribution is 2.35. The first-order valence-electron chi connectivity index (χ1n) is 10.8. The molecule has 152 valence electrons. The number of ether oxygens (including phenoxy) is 1. The zero-order valence-corrected chi connectivity index (χ0v) is 16.9. The van der Waals surface area contributed by atoms with Crippen LogP contribution in [0.3, 0.4) is 0 Å². The van der Waals surface area contributed by atoms with Gasteiger partial charge in [-0.25, -0.2) is 0 Å². The van der Waals surface area contributed by atoms with Gasteiger partial charge in [-0.05, 0) is 51.7 Å². The number of nitrogen functional groups attached to an aromatic ring is 1. The molecule has 3 rings (SSSR count). The van der Waals surface area contributed by atoms with Crippen LogP contribution in [0.5, 0.6) is 6.01 Å². The van der Waals surface area contributed by atoms with Crippen molar-refractivity contribution in [3.05, 3.63) is 0 Å². The summed E-state index contributed by atoms with van der Waals surface area (Å²) in [5.74, 6) is 1.37. The number of likely N-dealkylation sites (tertiary alicyclic amines) is 1. The number of nitrogens with two attached hydrogens (primary N) is 1. The van der Waals surface area contributed by atoms with Gasteiger partial charge in [-0.1, -0.05) is 32.6 Å². The monoisotopic (exact) mass is 376 g/mol. The lowest BCUT2D eigenvalue weighted by Gasteiger charge is -2.26. The van der Waals surface area contributed by atoms with Crippen LogP contribution in [-0.2, 0) is 0 Å². The van der Waals surface area contributed by atoms with Crippen LogP contribution in [0.25, 0.3) is 0 Å². The lowest BCUT2D eigenvalue weighted by Crippen LogP contribution is -2.30. The van der Waals surface area contributed by atoms with Gasteiger partial charge < -0.3 is 25.6 Å². The molecule has 0 saturated carbocycles. The zero-order chi connectivity index (χ0) is 18.9. The number of hydrogen-bond acceptors (Lipinski definition) is 7. The summed E-state index contributed by atoms with van der Waals surface area (Å²) in [6.07, 6.45) is 11.3. The molecule has 1 aromatic heterocycles. The molecule has 1 aromatic rings. The molecule has 7 heteroatoms. The number of unbranched alkanes of at least 4 members (excludes halogenated alkanes) is 4. The fraction of sp³-hybridized carbons (Fsp3) is 0.800. The van der Waals surface area contributed by atoms with Gasteiger partial charge in [0.2, 0.25) is 0 Å². The lowest BCUT2D eigenvalue weighted by atomic mass is 10.1. The van der Waals surface area contributed by atoms with Crippen LogP contribution in [0.1, 0.15) is 64.7 Å². The quantitative estimate of drug-likeness (QED) is 0.572. The van der Waals surface area contributed by atoms with Gasteiger partial charge in [0.05, 0.1) is 13.3 Å². The third-order valence-corrected chi connectivity index (χ3v) is 5.47. The fourth-order valence-corrected chi connectivity index (χ4v) is 3.82. The van der Waals surface area contributed by atoms with Crippen LogP contribution < -0.4 is 20.7 Å². The Morgan fingerprint density at radius 2 is 1.78 bits per heavy atom. The van der Waals surface area contributed by atoms with Crippen molar-refractivity contribution < 1.29 is 4.74 Å². The number of nitrogens with zero attached hydrogens (tertiary/aromatic N) is 4. The zero-order valence-electron chi connectivity index (χ0n) is 16.9. The van der Waals surface area contributed by atoms with Crippen LogP contribution >= 0.6 is 0 Å². The van der Waals surface area contributed by atoms with Crippen LogP contribution in [0, 0.1) is 0 Å². The smallest absolute Gasteiger partial charge is 0.320 e. The largest absolute Gasteiger partial charge is 0.463 e. The number of hydrogen-bond donors (Lipinski definition) is 2. The van der Waals surface area contributed by atoms with Crippen molar-refractivity contribution in [2.45, 2.75) is 64.7 Å². The van der Waals surface area contributed by atoms with E-state index >= 15 is 0 Å². The summed E-state index contributed by atoms with van der Waals surface area (Å²) >= 11 is 0. The molecule has 0 amide bonds. The minimum atomic E-state index is 0.398. The number of aromatic nitrogens is 2. The average molecular weight is 377 g/mol. The molecule has 0 radical (unpaired) electrons. The summed E-state index contributed by atoms with van der Waals surface area (Å²) in [4.78, 5) is 13.7. The Morgan fingerprint density at radius 3 is 2.56 bits per heavy atom. The van der Waals surface area contributed by atoms with E-state index in [9.17, 15) is 0 Å². The maximum atomic E-state index is 6.08. The maximum Gasteiger partial charge on any atom is 0.320 e.